The van der Waals surface area contributed by atoms with Crippen molar-refractivity contribution in [3.05, 3.63) is 7.43 Å². The molecule has 7 heavy (non-hydrogen) atoms. The molecule has 0 N–H and O–H groups in total. The van der Waals surface area contributed by atoms with Gasteiger partial charge in [-0.25, -0.2) is 0 Å². The van der Waals surface area contributed by atoms with E-state index in [-0.39, 0.29) is 57.1 Å². The maximum Gasteiger partial charge on any atom is 0 e. The SMILES string of the molecule is CC(=S)[S-].[CH3-].[U].[V]. The van der Waals surface area contributed by atoms with E-state index in [4.69, 9.17) is 0 Å². The monoisotopic (exact) mass is 395 g/mol. The van der Waals surface area contributed by atoms with Crippen LogP contribution in [0.2, 0.25) is 0 Å². The van der Waals surface area contributed by atoms with E-state index in [1.807, 2.05) is 0 Å². The van der Waals surface area contributed by atoms with E-state index >= 15 is 0 Å². The minimum Gasteiger partial charge on any atom is -0.433 e. The maximum atomic E-state index is 4.35. The van der Waals surface area contributed by atoms with E-state index in [0.29, 0.717) is 4.20 Å². The zero-order valence-electron chi connectivity index (χ0n) is 4.26. The Morgan fingerprint density at radius 2 is 1.57 bits per heavy atom. The standard InChI is InChI=1S/C2H4S2.CH3.U.V/c1-2(3)4;;;/h1H3,(H,3,4);1H3;;/q;-1;;/p-1. The fourth-order valence-corrected chi connectivity index (χ4v) is 0. The minimum absolute atomic E-state index is 0. The second-order valence-electron chi connectivity index (χ2n) is 0.492. The fraction of sp³-hybridized carbons (Fsp3) is 0.333. The van der Waals surface area contributed by atoms with Crippen molar-refractivity contribution in [1.29, 1.82) is 0 Å². The largest absolute Gasteiger partial charge is 0.433 e. The van der Waals surface area contributed by atoms with Crippen molar-refractivity contribution in [3.8, 4) is 0 Å². The molecule has 0 rings (SSSR count). The summed E-state index contributed by atoms with van der Waals surface area (Å²) in [5, 5.41) is 0. The molecule has 0 aromatic heterocycles. The van der Waals surface area contributed by atoms with Crippen LogP contribution in [0, 0.1) is 38.5 Å². The molecule has 0 amide bonds. The van der Waals surface area contributed by atoms with Gasteiger partial charge in [0.25, 0.3) is 0 Å². The van der Waals surface area contributed by atoms with E-state index in [1.54, 1.807) is 6.92 Å². The molecule has 0 aliphatic heterocycles. The maximum absolute atomic E-state index is 4.35. The van der Waals surface area contributed by atoms with Gasteiger partial charge in [-0.3, -0.25) is 0 Å². The van der Waals surface area contributed by atoms with Gasteiger partial charge in [0, 0.05) is 49.7 Å². The molecule has 4 heteroatoms. The summed E-state index contributed by atoms with van der Waals surface area (Å²) >= 11 is 8.70. The Hall–Kier alpha value is 1.95. The molecule has 0 unspecified atom stereocenters. The quantitative estimate of drug-likeness (QED) is 0.345. The smallest absolute Gasteiger partial charge is 0 e. The summed E-state index contributed by atoms with van der Waals surface area (Å²) in [5.41, 5.74) is 0. The predicted molar refractivity (Wildman–Crippen MR) is 32.1 cm³/mol. The summed E-state index contributed by atoms with van der Waals surface area (Å²) in [7, 11) is 0. The Balaban J connectivity index is -0.0000000150. The number of hydrogen-bond acceptors (Lipinski definition) is 2. The second-order valence-corrected chi connectivity index (χ2v) is 1.97. The molecule has 0 aliphatic carbocycles. The Labute approximate surface area is 91.9 Å². The zero-order chi connectivity index (χ0) is 3.58. The number of rotatable bonds is 0. The molecule has 0 bridgehead atoms. The molecule has 0 aliphatic rings. The van der Waals surface area contributed by atoms with Crippen LogP contribution in [0.4, 0.5) is 0 Å². The van der Waals surface area contributed by atoms with Gasteiger partial charge in [-0.15, -0.1) is 0 Å². The van der Waals surface area contributed by atoms with Gasteiger partial charge >= 0.3 is 0 Å². The van der Waals surface area contributed by atoms with Gasteiger partial charge in [0.05, 0.1) is 0 Å². The van der Waals surface area contributed by atoms with Crippen molar-refractivity contribution in [1.82, 2.24) is 0 Å². The van der Waals surface area contributed by atoms with Crippen LogP contribution in [0.3, 0.4) is 0 Å². The van der Waals surface area contributed by atoms with E-state index in [1.165, 1.54) is 0 Å². The van der Waals surface area contributed by atoms with Gasteiger partial charge in [-0.05, 0) is 0 Å². The van der Waals surface area contributed by atoms with Crippen LogP contribution in [-0.2, 0) is 31.2 Å². The van der Waals surface area contributed by atoms with Crippen molar-refractivity contribution in [2.75, 3.05) is 0 Å². The first kappa shape index (κ1) is 23.1. The molecular formula is C3H6S2UV-2. The van der Waals surface area contributed by atoms with Crippen LogP contribution in [0.15, 0.2) is 0 Å². The van der Waals surface area contributed by atoms with E-state index in [9.17, 15) is 0 Å². The van der Waals surface area contributed by atoms with E-state index in [0.717, 1.165) is 0 Å². The summed E-state index contributed by atoms with van der Waals surface area (Å²) in [6.07, 6.45) is 0. The molecule has 0 aromatic rings. The minimum atomic E-state index is 0. The molecule has 0 fully saturated rings. The summed E-state index contributed by atoms with van der Waals surface area (Å²) in [4.78, 5) is 0. The van der Waals surface area contributed by atoms with Crippen molar-refractivity contribution in [2.45, 2.75) is 6.92 Å². The Bertz CT molecular complexity index is 35.9. The Kier molecular flexibility index (Phi) is 51.7. The van der Waals surface area contributed by atoms with Gasteiger partial charge in [0.1, 0.15) is 0 Å². The van der Waals surface area contributed by atoms with E-state index < -0.39 is 0 Å². The Morgan fingerprint density at radius 3 is 1.57 bits per heavy atom. The van der Waals surface area contributed by atoms with Gasteiger partial charge in [-0.1, -0.05) is 6.92 Å². The van der Waals surface area contributed by atoms with Crippen LogP contribution in [0.1, 0.15) is 6.92 Å². The van der Waals surface area contributed by atoms with Gasteiger partial charge in [0.15, 0.2) is 0 Å². The summed E-state index contributed by atoms with van der Waals surface area (Å²) < 4.78 is 0.583. The van der Waals surface area contributed by atoms with Crippen LogP contribution in [0.5, 0.6) is 0 Å². The molecule has 0 saturated heterocycles. The first-order chi connectivity index (χ1) is 1.73. The molecule has 0 spiro atoms. The molecule has 0 nitrogen and oxygen atoms in total. The fourth-order valence-electron chi connectivity index (χ4n) is 0. The zero-order valence-corrected chi connectivity index (χ0v) is 11.5. The van der Waals surface area contributed by atoms with Gasteiger partial charge < -0.3 is 32.3 Å². The topological polar surface area (TPSA) is 0 Å². The molecule has 41 valence electrons. The third-order valence-corrected chi connectivity index (χ3v) is 0. The molecule has 0 aromatic carbocycles. The van der Waals surface area contributed by atoms with Crippen LogP contribution >= 0.6 is 12.2 Å². The average molecular weight is 395 g/mol. The summed E-state index contributed by atoms with van der Waals surface area (Å²) in [5.74, 6) is 0. The van der Waals surface area contributed by atoms with Crippen LogP contribution in [0.25, 0.3) is 0 Å². The molecule has 0 heterocycles. The third-order valence-electron chi connectivity index (χ3n) is 0. The van der Waals surface area contributed by atoms with Crippen molar-refractivity contribution in [2.24, 2.45) is 0 Å². The molecular weight excluding hydrogens is 389 g/mol. The Morgan fingerprint density at radius 1 is 1.57 bits per heavy atom. The predicted octanol–water partition coefficient (Wildman–Crippen LogP) is 1.33. The average Bonchev–Trinajstić information content (AvgIpc) is 0.811. The first-order valence-corrected chi connectivity index (χ1v) is 1.72. The van der Waals surface area contributed by atoms with Crippen LogP contribution < -0.4 is 0 Å². The van der Waals surface area contributed by atoms with E-state index in [2.05, 4.69) is 24.8 Å². The second kappa shape index (κ2) is 15.7. The van der Waals surface area contributed by atoms with Crippen molar-refractivity contribution < 1.29 is 49.7 Å². The number of hydrogen-bond donors (Lipinski definition) is 0. The summed E-state index contributed by atoms with van der Waals surface area (Å²) in [6, 6.07) is 0. The molecule has 0 atom stereocenters. The first-order valence-electron chi connectivity index (χ1n) is 0.908. The summed E-state index contributed by atoms with van der Waals surface area (Å²) in [6.45, 7) is 1.71. The third kappa shape index (κ3) is 74.2. The molecule has 1 radical (unpaired) electrons. The molecule has 0 saturated carbocycles. The van der Waals surface area contributed by atoms with Crippen molar-refractivity contribution in [3.63, 3.8) is 0 Å². The number of thiocarbonyl (C=S) groups is 1. The normalized spacial score (nSPS) is 3.57. The van der Waals surface area contributed by atoms with Crippen molar-refractivity contribution >= 4 is 29.0 Å². The van der Waals surface area contributed by atoms with Crippen LogP contribution in [-0.4, -0.2) is 4.20 Å². The van der Waals surface area contributed by atoms with Gasteiger partial charge in [-0.2, -0.15) is 4.20 Å². The van der Waals surface area contributed by atoms with Gasteiger partial charge in [0.2, 0.25) is 0 Å².